The van der Waals surface area contributed by atoms with Crippen molar-refractivity contribution < 1.29 is 0 Å². The molecule has 1 rings (SSSR count). The number of nitrogen functional groups attached to an aromatic ring is 1. The molecule has 0 aliphatic heterocycles. The van der Waals surface area contributed by atoms with Crippen molar-refractivity contribution in [2.45, 2.75) is 6.92 Å². The second-order valence-electron chi connectivity index (χ2n) is 1.56. The number of anilines is 1. The van der Waals surface area contributed by atoms with Gasteiger partial charge in [0.1, 0.15) is 0 Å². The lowest BCUT2D eigenvalue weighted by Gasteiger charge is -1.78. The van der Waals surface area contributed by atoms with E-state index < -0.39 is 0 Å². The van der Waals surface area contributed by atoms with E-state index in [-0.39, 0.29) is 0 Å². The highest BCUT2D eigenvalue weighted by Gasteiger charge is 1.95. The van der Waals surface area contributed by atoms with Crippen LogP contribution in [0.2, 0.25) is 0 Å². The van der Waals surface area contributed by atoms with E-state index >= 15 is 0 Å². The minimum absolute atomic E-state index is 0.625. The van der Waals surface area contributed by atoms with E-state index in [1.165, 1.54) is 4.20 Å². The summed E-state index contributed by atoms with van der Waals surface area (Å²) in [5.41, 5.74) is 6.76. The Labute approximate surface area is 52.2 Å². The first-order valence-electron chi connectivity index (χ1n) is 2.18. The van der Waals surface area contributed by atoms with Gasteiger partial charge < -0.3 is 5.73 Å². The molecule has 0 aliphatic carbocycles. The van der Waals surface area contributed by atoms with Crippen molar-refractivity contribution in [1.29, 1.82) is 0 Å². The summed E-state index contributed by atoms with van der Waals surface area (Å²) in [6, 6.07) is 0. The molecule has 44 valence electrons. The van der Waals surface area contributed by atoms with Gasteiger partial charge in [0, 0.05) is 11.8 Å². The number of rotatable bonds is 0. The number of halogens is 1. The van der Waals surface area contributed by atoms with Crippen LogP contribution in [0.1, 0.15) is 5.69 Å². The lowest BCUT2D eigenvalue weighted by Crippen LogP contribution is -1.82. The van der Waals surface area contributed by atoms with Crippen molar-refractivity contribution in [3.63, 3.8) is 0 Å². The van der Waals surface area contributed by atoms with E-state index in [0.29, 0.717) is 5.69 Å². The smallest absolute Gasteiger partial charge is 0.0838 e. The molecule has 8 heavy (non-hydrogen) atoms. The predicted octanol–water partition coefficient (Wildman–Crippen LogP) is 0.776. The Morgan fingerprint density at radius 2 is 2.50 bits per heavy atom. The SMILES string of the molecule is Cc1nn(Cl)cc1N. The number of hydrogen-bond donors (Lipinski definition) is 1. The van der Waals surface area contributed by atoms with E-state index in [2.05, 4.69) is 5.10 Å². The average Bonchev–Trinajstić information content (AvgIpc) is 1.85. The molecule has 1 aromatic heterocycles. The molecule has 0 aliphatic rings. The average molecular weight is 132 g/mol. The molecule has 3 nitrogen and oxygen atoms in total. The van der Waals surface area contributed by atoms with Gasteiger partial charge in [0.25, 0.3) is 0 Å². The summed E-state index contributed by atoms with van der Waals surface area (Å²) < 4.78 is 1.17. The summed E-state index contributed by atoms with van der Waals surface area (Å²) >= 11 is 5.39. The van der Waals surface area contributed by atoms with Crippen molar-refractivity contribution in [2.24, 2.45) is 0 Å². The topological polar surface area (TPSA) is 43.8 Å². The third-order valence-corrected chi connectivity index (χ3v) is 1.08. The second-order valence-corrected chi connectivity index (χ2v) is 1.90. The van der Waals surface area contributed by atoms with Crippen LogP contribution in [-0.2, 0) is 0 Å². The Balaban J connectivity index is 3.14. The number of nitrogens with zero attached hydrogens (tertiary/aromatic N) is 2. The summed E-state index contributed by atoms with van der Waals surface area (Å²) in [6.45, 7) is 1.80. The molecular formula is C4H6ClN3. The zero-order valence-electron chi connectivity index (χ0n) is 4.43. The molecule has 0 bridgehead atoms. The third-order valence-electron chi connectivity index (χ3n) is 0.909. The van der Waals surface area contributed by atoms with E-state index in [4.69, 9.17) is 17.5 Å². The fourth-order valence-corrected chi connectivity index (χ4v) is 0.657. The van der Waals surface area contributed by atoms with E-state index in [1.807, 2.05) is 0 Å². The molecule has 0 atom stereocenters. The fraction of sp³-hybridized carbons (Fsp3) is 0.250. The Bertz CT molecular complexity index is 174. The monoisotopic (exact) mass is 131 g/mol. The zero-order chi connectivity index (χ0) is 6.15. The van der Waals surface area contributed by atoms with Crippen LogP contribution in [0.5, 0.6) is 0 Å². The van der Waals surface area contributed by atoms with Crippen molar-refractivity contribution in [3.8, 4) is 0 Å². The summed E-state index contributed by atoms with van der Waals surface area (Å²) in [6.07, 6.45) is 1.55. The van der Waals surface area contributed by atoms with E-state index in [9.17, 15) is 0 Å². The van der Waals surface area contributed by atoms with Crippen LogP contribution >= 0.6 is 11.8 Å². The molecule has 0 aromatic carbocycles. The van der Waals surface area contributed by atoms with Crippen LogP contribution in [0.15, 0.2) is 6.20 Å². The summed E-state index contributed by atoms with van der Waals surface area (Å²) in [7, 11) is 0. The Kier molecular flexibility index (Phi) is 1.13. The van der Waals surface area contributed by atoms with Gasteiger partial charge in [0.2, 0.25) is 0 Å². The van der Waals surface area contributed by atoms with Gasteiger partial charge in [0.15, 0.2) is 0 Å². The van der Waals surface area contributed by atoms with Crippen LogP contribution < -0.4 is 5.73 Å². The van der Waals surface area contributed by atoms with Crippen LogP contribution in [0, 0.1) is 6.92 Å². The van der Waals surface area contributed by atoms with Gasteiger partial charge in [-0.3, -0.25) is 0 Å². The lowest BCUT2D eigenvalue weighted by atomic mass is 10.4. The molecule has 0 saturated heterocycles. The summed E-state index contributed by atoms with van der Waals surface area (Å²) in [4.78, 5) is 0. The third kappa shape index (κ3) is 0.767. The van der Waals surface area contributed by atoms with E-state index in [0.717, 1.165) is 5.69 Å². The van der Waals surface area contributed by atoms with Gasteiger partial charge in [-0.25, -0.2) is 0 Å². The minimum atomic E-state index is 0.625. The van der Waals surface area contributed by atoms with Crippen LogP contribution in [0.4, 0.5) is 5.69 Å². The highest BCUT2D eigenvalue weighted by atomic mass is 35.5. The minimum Gasteiger partial charge on any atom is -0.396 e. The maximum Gasteiger partial charge on any atom is 0.0838 e. The van der Waals surface area contributed by atoms with E-state index in [1.54, 1.807) is 13.1 Å². The normalized spacial score (nSPS) is 9.75. The molecular weight excluding hydrogens is 126 g/mol. The zero-order valence-corrected chi connectivity index (χ0v) is 5.18. The Morgan fingerprint density at radius 3 is 2.62 bits per heavy atom. The number of hydrogen-bond acceptors (Lipinski definition) is 2. The second kappa shape index (κ2) is 1.67. The Morgan fingerprint density at radius 1 is 1.88 bits per heavy atom. The number of aryl methyl sites for hydroxylation is 1. The molecule has 0 spiro atoms. The van der Waals surface area contributed by atoms with Crippen LogP contribution in [0.3, 0.4) is 0 Å². The van der Waals surface area contributed by atoms with Gasteiger partial charge >= 0.3 is 0 Å². The Hall–Kier alpha value is -0.700. The van der Waals surface area contributed by atoms with Gasteiger partial charge in [0.05, 0.1) is 17.6 Å². The summed E-state index contributed by atoms with van der Waals surface area (Å²) in [5.74, 6) is 0. The summed E-state index contributed by atoms with van der Waals surface area (Å²) in [5, 5.41) is 3.77. The van der Waals surface area contributed by atoms with Gasteiger partial charge in [-0.1, -0.05) is 0 Å². The first kappa shape index (κ1) is 5.44. The first-order chi connectivity index (χ1) is 3.70. The van der Waals surface area contributed by atoms with Crippen LogP contribution in [0.25, 0.3) is 0 Å². The quantitative estimate of drug-likeness (QED) is 0.566. The molecule has 0 fully saturated rings. The first-order valence-corrected chi connectivity index (χ1v) is 2.52. The van der Waals surface area contributed by atoms with Gasteiger partial charge in [-0.15, -0.1) is 0 Å². The molecule has 0 amide bonds. The van der Waals surface area contributed by atoms with Crippen molar-refractivity contribution >= 4 is 17.5 Å². The highest BCUT2D eigenvalue weighted by Crippen LogP contribution is 2.06. The maximum atomic E-state index is 5.39. The van der Waals surface area contributed by atoms with Crippen molar-refractivity contribution in [2.75, 3.05) is 5.73 Å². The molecule has 0 unspecified atom stereocenters. The molecule has 1 heterocycles. The molecule has 2 N–H and O–H groups in total. The fourth-order valence-electron chi connectivity index (χ4n) is 0.438. The number of aromatic nitrogens is 2. The molecule has 1 aromatic rings. The van der Waals surface area contributed by atoms with Crippen molar-refractivity contribution in [3.05, 3.63) is 11.9 Å². The largest absolute Gasteiger partial charge is 0.396 e. The maximum absolute atomic E-state index is 5.39. The molecule has 0 radical (unpaired) electrons. The standard InChI is InChI=1S/C4H6ClN3/c1-3-4(6)2-8(5)7-3/h2H,6H2,1H3. The number of nitrogens with two attached hydrogens (primary N) is 1. The lowest BCUT2D eigenvalue weighted by molar-refractivity contribution is 0.964. The molecule has 4 heteroatoms. The predicted molar refractivity (Wildman–Crippen MR) is 32.6 cm³/mol. The van der Waals surface area contributed by atoms with Crippen LogP contribution in [-0.4, -0.2) is 9.30 Å². The van der Waals surface area contributed by atoms with Gasteiger partial charge in [-0.05, 0) is 6.92 Å². The molecule has 0 saturated carbocycles. The highest BCUT2D eigenvalue weighted by molar-refractivity contribution is 6.14. The van der Waals surface area contributed by atoms with Crippen molar-refractivity contribution in [1.82, 2.24) is 9.30 Å². The van der Waals surface area contributed by atoms with Gasteiger partial charge in [-0.2, -0.15) is 9.30 Å².